The molecule has 0 saturated carbocycles. The molecule has 1 N–H and O–H groups in total. The van der Waals surface area contributed by atoms with E-state index in [4.69, 9.17) is 9.84 Å². The maximum atomic E-state index is 12.7. The van der Waals surface area contributed by atoms with Gasteiger partial charge in [0, 0.05) is 11.1 Å². The van der Waals surface area contributed by atoms with E-state index in [9.17, 15) is 9.59 Å². The maximum Gasteiger partial charge on any atom is 0.410 e. The average Bonchev–Trinajstić information content (AvgIpc) is 3.32. The molecule has 0 bridgehead atoms. The second kappa shape index (κ2) is 8.49. The number of carbonyl (C=O) groups is 2. The number of nitrogens with zero attached hydrogens (tertiary/aromatic N) is 3. The molecule has 1 aliphatic rings. The van der Waals surface area contributed by atoms with Crippen molar-refractivity contribution in [2.24, 2.45) is 0 Å². The quantitative estimate of drug-likeness (QED) is 0.665. The molecule has 1 aliphatic heterocycles. The zero-order valence-electron chi connectivity index (χ0n) is 18.9. The topological polar surface area (TPSA) is 76.5 Å². The van der Waals surface area contributed by atoms with Crippen molar-refractivity contribution in [3.63, 3.8) is 0 Å². The van der Waals surface area contributed by atoms with Crippen LogP contribution < -0.4 is 5.32 Å². The molecule has 0 aliphatic carbocycles. The Hall–Kier alpha value is -3.61. The lowest BCUT2D eigenvalue weighted by Crippen LogP contribution is -2.34. The van der Waals surface area contributed by atoms with E-state index < -0.39 is 5.60 Å². The van der Waals surface area contributed by atoms with Crippen molar-refractivity contribution in [2.75, 3.05) is 0 Å². The molecule has 2 amide bonds. The van der Waals surface area contributed by atoms with Crippen LogP contribution in [0.15, 0.2) is 54.6 Å². The van der Waals surface area contributed by atoms with Crippen LogP contribution in [0.1, 0.15) is 53.6 Å². The molecule has 0 saturated heterocycles. The van der Waals surface area contributed by atoms with Crippen LogP contribution in [0.4, 0.5) is 4.79 Å². The molecular formula is C25H28N4O3. The molecule has 7 heteroatoms. The fraction of sp³-hybridized carbons (Fsp3) is 0.320. The van der Waals surface area contributed by atoms with E-state index >= 15 is 0 Å². The summed E-state index contributed by atoms with van der Waals surface area (Å²) in [5.74, 6) is -0.157. The van der Waals surface area contributed by atoms with Crippen LogP contribution in [-0.2, 0) is 24.4 Å². The van der Waals surface area contributed by atoms with Gasteiger partial charge in [0.05, 0.1) is 36.7 Å². The molecule has 0 fully saturated rings. The number of hydrogen-bond donors (Lipinski definition) is 1. The number of benzene rings is 2. The van der Waals surface area contributed by atoms with E-state index in [1.807, 2.05) is 87.0 Å². The summed E-state index contributed by atoms with van der Waals surface area (Å²) in [6, 6.07) is 17.2. The van der Waals surface area contributed by atoms with Gasteiger partial charge in [-0.3, -0.25) is 9.69 Å². The van der Waals surface area contributed by atoms with Gasteiger partial charge in [0.15, 0.2) is 0 Å². The first-order valence-corrected chi connectivity index (χ1v) is 10.7. The van der Waals surface area contributed by atoms with Crippen molar-refractivity contribution < 1.29 is 14.3 Å². The minimum atomic E-state index is -0.567. The Kier molecular flexibility index (Phi) is 5.74. The molecule has 32 heavy (non-hydrogen) atoms. The molecule has 0 radical (unpaired) electrons. The predicted molar refractivity (Wildman–Crippen MR) is 121 cm³/mol. The number of ether oxygens (including phenoxy) is 1. The number of nitrogens with one attached hydrogen (secondary N) is 1. The van der Waals surface area contributed by atoms with Crippen molar-refractivity contribution in [3.8, 4) is 5.69 Å². The fourth-order valence-corrected chi connectivity index (χ4v) is 3.66. The second-order valence-electron chi connectivity index (χ2n) is 9.00. The molecule has 4 rings (SSSR count). The third kappa shape index (κ3) is 4.66. The number of aromatic nitrogens is 2. The first-order valence-electron chi connectivity index (χ1n) is 10.7. The first kappa shape index (κ1) is 21.6. The zero-order valence-corrected chi connectivity index (χ0v) is 18.9. The molecule has 2 aromatic carbocycles. The van der Waals surface area contributed by atoms with Gasteiger partial charge in [0.1, 0.15) is 5.60 Å². The van der Waals surface area contributed by atoms with E-state index in [1.54, 1.807) is 4.90 Å². The van der Waals surface area contributed by atoms with Crippen LogP contribution in [0.25, 0.3) is 5.69 Å². The van der Waals surface area contributed by atoms with Gasteiger partial charge in [-0.15, -0.1) is 0 Å². The van der Waals surface area contributed by atoms with Gasteiger partial charge in [-0.05, 0) is 52.0 Å². The largest absolute Gasteiger partial charge is 0.444 e. The Morgan fingerprint density at radius 2 is 1.72 bits per heavy atom. The first-order chi connectivity index (χ1) is 15.2. The summed E-state index contributed by atoms with van der Waals surface area (Å²) in [5.41, 5.74) is 4.67. The summed E-state index contributed by atoms with van der Waals surface area (Å²) in [6.45, 7) is 8.61. The Bertz CT molecular complexity index is 1130. The van der Waals surface area contributed by atoms with Gasteiger partial charge in [-0.1, -0.05) is 35.9 Å². The highest BCUT2D eigenvalue weighted by molar-refractivity contribution is 5.94. The Morgan fingerprint density at radius 3 is 2.38 bits per heavy atom. The standard InChI is InChI=1S/C25H28N4O3/c1-17-10-12-18(13-11-17)23(30)26-14-21-20-15-28(24(31)32-25(2,3)4)16-22(20)29(27-21)19-8-6-5-7-9-19/h5-13H,14-16H2,1-4H3,(H,26,30). The number of fused-ring (bicyclic) bond motifs is 1. The smallest absolute Gasteiger partial charge is 0.410 e. The van der Waals surface area contributed by atoms with Crippen molar-refractivity contribution in [3.05, 3.63) is 82.7 Å². The molecule has 3 aromatic rings. The minimum Gasteiger partial charge on any atom is -0.444 e. The van der Waals surface area contributed by atoms with E-state index in [-0.39, 0.29) is 18.5 Å². The van der Waals surface area contributed by atoms with Crippen LogP contribution in [0, 0.1) is 6.92 Å². The highest BCUT2D eigenvalue weighted by Gasteiger charge is 2.33. The summed E-state index contributed by atoms with van der Waals surface area (Å²) in [6.07, 6.45) is -0.358. The van der Waals surface area contributed by atoms with Crippen LogP contribution in [-0.4, -0.2) is 32.3 Å². The van der Waals surface area contributed by atoms with E-state index in [0.29, 0.717) is 18.7 Å². The third-order valence-corrected chi connectivity index (χ3v) is 5.25. The Balaban J connectivity index is 1.58. The number of amides is 2. The predicted octanol–water partition coefficient (Wildman–Crippen LogP) is 4.36. The van der Waals surface area contributed by atoms with Gasteiger partial charge in [0.2, 0.25) is 0 Å². The van der Waals surface area contributed by atoms with E-state index in [1.165, 1.54) is 0 Å². The fourth-order valence-electron chi connectivity index (χ4n) is 3.66. The highest BCUT2D eigenvalue weighted by Crippen LogP contribution is 2.29. The number of rotatable bonds is 4. The minimum absolute atomic E-state index is 0.157. The van der Waals surface area contributed by atoms with E-state index in [0.717, 1.165) is 28.2 Å². The molecule has 166 valence electrons. The van der Waals surface area contributed by atoms with Crippen molar-refractivity contribution >= 4 is 12.0 Å². The van der Waals surface area contributed by atoms with Crippen molar-refractivity contribution in [1.82, 2.24) is 20.0 Å². The van der Waals surface area contributed by atoms with Crippen LogP contribution in [0.2, 0.25) is 0 Å². The van der Waals surface area contributed by atoms with Gasteiger partial charge >= 0.3 is 6.09 Å². The molecule has 1 aromatic heterocycles. The summed E-state index contributed by atoms with van der Waals surface area (Å²) >= 11 is 0. The number of para-hydroxylation sites is 1. The maximum absolute atomic E-state index is 12.7. The van der Waals surface area contributed by atoms with Crippen LogP contribution in [0.3, 0.4) is 0 Å². The molecule has 2 heterocycles. The van der Waals surface area contributed by atoms with Crippen LogP contribution in [0.5, 0.6) is 0 Å². The lowest BCUT2D eigenvalue weighted by Gasteiger charge is -2.24. The third-order valence-electron chi connectivity index (χ3n) is 5.25. The monoisotopic (exact) mass is 432 g/mol. The normalized spacial score (nSPS) is 13.1. The summed E-state index contributed by atoms with van der Waals surface area (Å²) in [5, 5.41) is 7.74. The van der Waals surface area contributed by atoms with Crippen molar-refractivity contribution in [2.45, 2.75) is 52.9 Å². The highest BCUT2D eigenvalue weighted by atomic mass is 16.6. The van der Waals surface area contributed by atoms with Crippen molar-refractivity contribution in [1.29, 1.82) is 0 Å². The number of aryl methyl sites for hydroxylation is 1. The Morgan fingerprint density at radius 1 is 1.03 bits per heavy atom. The summed E-state index contributed by atoms with van der Waals surface area (Å²) in [7, 11) is 0. The number of carbonyl (C=O) groups excluding carboxylic acids is 2. The van der Waals surface area contributed by atoms with Gasteiger partial charge < -0.3 is 10.1 Å². The zero-order chi connectivity index (χ0) is 22.9. The lowest BCUT2D eigenvalue weighted by molar-refractivity contribution is 0.0238. The van der Waals surface area contributed by atoms with Crippen LogP contribution >= 0.6 is 0 Å². The Labute approximate surface area is 188 Å². The molecule has 0 atom stereocenters. The van der Waals surface area contributed by atoms with Gasteiger partial charge in [0.25, 0.3) is 5.91 Å². The SMILES string of the molecule is Cc1ccc(C(=O)NCc2nn(-c3ccccc3)c3c2CN(C(=O)OC(C)(C)C)C3)cc1. The van der Waals surface area contributed by atoms with Gasteiger partial charge in [-0.2, -0.15) is 5.10 Å². The summed E-state index contributed by atoms with van der Waals surface area (Å²) < 4.78 is 7.42. The van der Waals surface area contributed by atoms with E-state index in [2.05, 4.69) is 5.32 Å². The molecular weight excluding hydrogens is 404 g/mol. The summed E-state index contributed by atoms with van der Waals surface area (Å²) in [4.78, 5) is 26.9. The number of hydrogen-bond acceptors (Lipinski definition) is 4. The van der Waals surface area contributed by atoms with Gasteiger partial charge in [-0.25, -0.2) is 9.48 Å². The molecule has 0 unspecified atom stereocenters. The lowest BCUT2D eigenvalue weighted by atomic mass is 10.1. The average molecular weight is 433 g/mol. The molecule has 7 nitrogen and oxygen atoms in total. The molecule has 0 spiro atoms. The second-order valence-corrected chi connectivity index (χ2v) is 9.00.